The Bertz CT molecular complexity index is 299. The van der Waals surface area contributed by atoms with E-state index in [9.17, 15) is 4.79 Å². The minimum atomic E-state index is -0.960. The number of carboxylic acid groups (broad SMARTS) is 1. The standard InChI is InChI=1S/C9H11NO3/c10-4-5-13-8-3-1-2-7(6-8)9(11)12/h1-3,6H,4-5,10H2,(H,11,12). The Morgan fingerprint density at radius 1 is 1.54 bits per heavy atom. The van der Waals surface area contributed by atoms with Crippen LogP contribution in [0.5, 0.6) is 5.75 Å². The van der Waals surface area contributed by atoms with Gasteiger partial charge in [-0.2, -0.15) is 0 Å². The molecule has 4 nitrogen and oxygen atoms in total. The maximum atomic E-state index is 10.5. The Morgan fingerprint density at radius 2 is 2.31 bits per heavy atom. The van der Waals surface area contributed by atoms with E-state index in [1.807, 2.05) is 0 Å². The molecular formula is C9H11NO3. The number of ether oxygens (including phenoxy) is 1. The van der Waals surface area contributed by atoms with Crippen LogP contribution in [-0.2, 0) is 0 Å². The van der Waals surface area contributed by atoms with Crippen molar-refractivity contribution in [1.82, 2.24) is 0 Å². The van der Waals surface area contributed by atoms with Crippen molar-refractivity contribution in [1.29, 1.82) is 0 Å². The summed E-state index contributed by atoms with van der Waals surface area (Å²) in [6.45, 7) is 0.806. The molecule has 0 spiro atoms. The molecule has 0 saturated heterocycles. The van der Waals surface area contributed by atoms with Crippen LogP contribution in [-0.4, -0.2) is 24.2 Å². The van der Waals surface area contributed by atoms with E-state index in [1.54, 1.807) is 12.1 Å². The molecule has 1 aromatic carbocycles. The average molecular weight is 181 g/mol. The molecule has 13 heavy (non-hydrogen) atoms. The third-order valence-corrected chi connectivity index (χ3v) is 1.47. The van der Waals surface area contributed by atoms with Crippen molar-refractivity contribution >= 4 is 5.97 Å². The van der Waals surface area contributed by atoms with Crippen molar-refractivity contribution in [2.24, 2.45) is 5.73 Å². The lowest BCUT2D eigenvalue weighted by Gasteiger charge is -2.04. The lowest BCUT2D eigenvalue weighted by molar-refractivity contribution is 0.0696. The SMILES string of the molecule is NCCOc1cccc(C(=O)O)c1. The van der Waals surface area contributed by atoms with Gasteiger partial charge >= 0.3 is 5.97 Å². The molecule has 3 N–H and O–H groups in total. The highest BCUT2D eigenvalue weighted by molar-refractivity contribution is 5.87. The summed E-state index contributed by atoms with van der Waals surface area (Å²) >= 11 is 0. The van der Waals surface area contributed by atoms with Crippen LogP contribution in [0.15, 0.2) is 24.3 Å². The van der Waals surface area contributed by atoms with Crippen LogP contribution in [0.2, 0.25) is 0 Å². The normalized spacial score (nSPS) is 9.62. The number of rotatable bonds is 4. The molecule has 0 fully saturated rings. The number of benzene rings is 1. The van der Waals surface area contributed by atoms with Crippen molar-refractivity contribution in [2.75, 3.05) is 13.2 Å². The Hall–Kier alpha value is -1.55. The minimum absolute atomic E-state index is 0.217. The summed E-state index contributed by atoms with van der Waals surface area (Å²) < 4.78 is 5.16. The van der Waals surface area contributed by atoms with E-state index in [1.165, 1.54) is 12.1 Å². The highest BCUT2D eigenvalue weighted by Crippen LogP contribution is 2.12. The molecule has 0 amide bonds. The zero-order chi connectivity index (χ0) is 9.68. The van der Waals surface area contributed by atoms with E-state index in [-0.39, 0.29) is 5.56 Å². The van der Waals surface area contributed by atoms with Gasteiger partial charge in [0.15, 0.2) is 0 Å². The van der Waals surface area contributed by atoms with Crippen molar-refractivity contribution in [3.05, 3.63) is 29.8 Å². The fraction of sp³-hybridized carbons (Fsp3) is 0.222. The molecule has 1 rings (SSSR count). The van der Waals surface area contributed by atoms with Crippen molar-refractivity contribution in [2.45, 2.75) is 0 Å². The maximum absolute atomic E-state index is 10.5. The molecule has 0 unspecified atom stereocenters. The number of hydrogen-bond donors (Lipinski definition) is 2. The van der Waals surface area contributed by atoms with Gasteiger partial charge in [0.1, 0.15) is 12.4 Å². The van der Waals surface area contributed by atoms with Crippen LogP contribution in [0, 0.1) is 0 Å². The number of carboxylic acids is 1. The molecule has 0 aliphatic carbocycles. The summed E-state index contributed by atoms with van der Waals surface area (Å²) in [5, 5.41) is 8.65. The molecule has 0 atom stereocenters. The predicted octanol–water partition coefficient (Wildman–Crippen LogP) is 0.722. The molecule has 0 aliphatic rings. The molecule has 70 valence electrons. The maximum Gasteiger partial charge on any atom is 0.335 e. The molecule has 4 heteroatoms. The minimum Gasteiger partial charge on any atom is -0.492 e. The monoisotopic (exact) mass is 181 g/mol. The number of aromatic carboxylic acids is 1. The summed E-state index contributed by atoms with van der Waals surface area (Å²) in [6.07, 6.45) is 0. The zero-order valence-corrected chi connectivity index (χ0v) is 7.06. The molecule has 0 heterocycles. The van der Waals surface area contributed by atoms with Gasteiger partial charge in [0.25, 0.3) is 0 Å². The van der Waals surface area contributed by atoms with Crippen molar-refractivity contribution in [3.63, 3.8) is 0 Å². The smallest absolute Gasteiger partial charge is 0.335 e. The van der Waals surface area contributed by atoms with E-state index in [4.69, 9.17) is 15.6 Å². The summed E-state index contributed by atoms with van der Waals surface area (Å²) in [5.41, 5.74) is 5.45. The van der Waals surface area contributed by atoms with Crippen molar-refractivity contribution in [3.8, 4) is 5.75 Å². The Labute approximate surface area is 75.9 Å². The van der Waals surface area contributed by atoms with Crippen LogP contribution in [0.25, 0.3) is 0 Å². The quantitative estimate of drug-likeness (QED) is 0.718. The van der Waals surface area contributed by atoms with Crippen molar-refractivity contribution < 1.29 is 14.6 Å². The van der Waals surface area contributed by atoms with E-state index < -0.39 is 5.97 Å². The van der Waals surface area contributed by atoms with Crippen LogP contribution >= 0.6 is 0 Å². The first-order valence-corrected chi connectivity index (χ1v) is 3.90. The molecule has 0 aliphatic heterocycles. The fourth-order valence-electron chi connectivity index (χ4n) is 0.896. The van der Waals surface area contributed by atoms with Crippen LogP contribution in [0.1, 0.15) is 10.4 Å². The zero-order valence-electron chi connectivity index (χ0n) is 7.06. The number of carbonyl (C=O) groups is 1. The Balaban J connectivity index is 2.73. The van der Waals surface area contributed by atoms with E-state index >= 15 is 0 Å². The van der Waals surface area contributed by atoms with Crippen LogP contribution in [0.3, 0.4) is 0 Å². The summed E-state index contributed by atoms with van der Waals surface area (Å²) in [6, 6.07) is 6.31. The van der Waals surface area contributed by atoms with Gasteiger partial charge in [0, 0.05) is 6.54 Å². The van der Waals surface area contributed by atoms with E-state index in [0.717, 1.165) is 0 Å². The molecule has 0 saturated carbocycles. The highest BCUT2D eigenvalue weighted by Gasteiger charge is 2.02. The molecule has 0 radical (unpaired) electrons. The number of hydrogen-bond acceptors (Lipinski definition) is 3. The predicted molar refractivity (Wildman–Crippen MR) is 48.0 cm³/mol. The van der Waals surface area contributed by atoms with Gasteiger partial charge < -0.3 is 15.6 Å². The lowest BCUT2D eigenvalue weighted by Crippen LogP contribution is -2.10. The second-order valence-electron chi connectivity index (χ2n) is 2.47. The van der Waals surface area contributed by atoms with Crippen LogP contribution in [0.4, 0.5) is 0 Å². The largest absolute Gasteiger partial charge is 0.492 e. The fourth-order valence-corrected chi connectivity index (χ4v) is 0.896. The van der Waals surface area contributed by atoms with Gasteiger partial charge in [0.05, 0.1) is 5.56 Å². The Morgan fingerprint density at radius 3 is 2.92 bits per heavy atom. The molecule has 0 aromatic heterocycles. The van der Waals surface area contributed by atoms with Gasteiger partial charge in [-0.3, -0.25) is 0 Å². The Kier molecular flexibility index (Phi) is 3.28. The topological polar surface area (TPSA) is 72.5 Å². The van der Waals surface area contributed by atoms with E-state index in [2.05, 4.69) is 0 Å². The van der Waals surface area contributed by atoms with Gasteiger partial charge in [-0.05, 0) is 18.2 Å². The molecule has 0 bridgehead atoms. The average Bonchev–Trinajstić information content (AvgIpc) is 2.15. The molecular weight excluding hydrogens is 170 g/mol. The summed E-state index contributed by atoms with van der Waals surface area (Å²) in [5.74, 6) is -0.427. The van der Waals surface area contributed by atoms with E-state index in [0.29, 0.717) is 18.9 Å². The first-order chi connectivity index (χ1) is 6.24. The number of nitrogens with two attached hydrogens (primary N) is 1. The van der Waals surface area contributed by atoms with Gasteiger partial charge in [-0.25, -0.2) is 4.79 Å². The highest BCUT2D eigenvalue weighted by atomic mass is 16.5. The van der Waals surface area contributed by atoms with Gasteiger partial charge in [0.2, 0.25) is 0 Å². The van der Waals surface area contributed by atoms with Crippen LogP contribution < -0.4 is 10.5 Å². The summed E-state index contributed by atoms with van der Waals surface area (Å²) in [7, 11) is 0. The first kappa shape index (κ1) is 9.54. The summed E-state index contributed by atoms with van der Waals surface area (Å²) in [4.78, 5) is 10.5. The second-order valence-corrected chi connectivity index (χ2v) is 2.47. The van der Waals surface area contributed by atoms with Gasteiger partial charge in [-0.1, -0.05) is 6.07 Å². The third kappa shape index (κ3) is 2.76. The van der Waals surface area contributed by atoms with Gasteiger partial charge in [-0.15, -0.1) is 0 Å². The third-order valence-electron chi connectivity index (χ3n) is 1.47. The lowest BCUT2D eigenvalue weighted by atomic mass is 10.2. The molecule has 1 aromatic rings. The second kappa shape index (κ2) is 4.47. The first-order valence-electron chi connectivity index (χ1n) is 3.90.